The Morgan fingerprint density at radius 3 is 2.33 bits per heavy atom. The molecule has 0 bridgehead atoms. The largest absolute Gasteiger partial charge is 0.0837 e. The number of hydrogen-bond donors (Lipinski definition) is 0. The maximum absolute atomic E-state index is 6.31. The van der Waals surface area contributed by atoms with Crippen LogP contribution in [0.5, 0.6) is 0 Å². The molecule has 3 aromatic rings. The number of aryl methyl sites for hydroxylation is 1. The predicted molar refractivity (Wildman–Crippen MR) is 98.6 cm³/mol. The molecule has 0 saturated carbocycles. The Bertz CT molecular complexity index is 811. The first-order valence-corrected chi connectivity index (χ1v) is 8.74. The molecule has 0 aliphatic rings. The fraction of sp³-hybridized carbons (Fsp3) is 0.111. The van der Waals surface area contributed by atoms with Gasteiger partial charge in [0.2, 0.25) is 0 Å². The summed E-state index contributed by atoms with van der Waals surface area (Å²) in [6, 6.07) is 18.6. The lowest BCUT2D eigenvalue weighted by atomic mass is 9.97. The Hall–Kier alpha value is -0.830. The van der Waals surface area contributed by atoms with Crippen LogP contribution in [0.25, 0.3) is 10.8 Å². The van der Waals surface area contributed by atoms with Gasteiger partial charge in [-0.25, -0.2) is 0 Å². The third-order valence-corrected chi connectivity index (χ3v) is 6.07. The van der Waals surface area contributed by atoms with Gasteiger partial charge in [-0.15, -0.1) is 0 Å². The van der Waals surface area contributed by atoms with Gasteiger partial charge in [-0.2, -0.15) is 0 Å². The molecule has 1 atom stereocenters. The van der Waals surface area contributed by atoms with Gasteiger partial charge in [-0.3, -0.25) is 0 Å². The molecular formula is C18H13Br2Cl. The molecule has 106 valence electrons. The quantitative estimate of drug-likeness (QED) is 0.387. The molecule has 0 aromatic heterocycles. The van der Waals surface area contributed by atoms with Crippen LogP contribution < -0.4 is 0 Å². The Labute approximate surface area is 146 Å². The van der Waals surface area contributed by atoms with E-state index in [1.165, 1.54) is 22.1 Å². The smallest absolute Gasteiger partial charge is 0.0661 e. The zero-order chi connectivity index (χ0) is 15.0. The van der Waals surface area contributed by atoms with E-state index in [4.69, 9.17) is 11.6 Å². The summed E-state index contributed by atoms with van der Waals surface area (Å²) in [6.45, 7) is 2.10. The standard InChI is InChI=1S/C18H13Br2Cl/c1-11-5-4-8-15(17(11)19)18(20)14-9-10-16(21)13-7-3-2-6-12(13)14/h2-10,18H,1H3. The van der Waals surface area contributed by atoms with Crippen molar-refractivity contribution in [2.24, 2.45) is 0 Å². The van der Waals surface area contributed by atoms with Gasteiger partial charge in [-0.1, -0.05) is 92.0 Å². The van der Waals surface area contributed by atoms with E-state index in [1.54, 1.807) is 0 Å². The van der Waals surface area contributed by atoms with Gasteiger partial charge in [0.15, 0.2) is 0 Å². The summed E-state index contributed by atoms with van der Waals surface area (Å²) >= 11 is 13.9. The molecule has 0 radical (unpaired) electrons. The Balaban J connectivity index is 2.21. The van der Waals surface area contributed by atoms with Crippen LogP contribution in [0.15, 0.2) is 59.1 Å². The van der Waals surface area contributed by atoms with Gasteiger partial charge in [0.1, 0.15) is 0 Å². The van der Waals surface area contributed by atoms with Gasteiger partial charge in [0.25, 0.3) is 0 Å². The average molecular weight is 425 g/mol. The molecule has 1 unspecified atom stereocenters. The first-order valence-electron chi connectivity index (χ1n) is 6.66. The van der Waals surface area contributed by atoms with E-state index in [0.29, 0.717) is 0 Å². The van der Waals surface area contributed by atoms with Crippen LogP contribution in [-0.4, -0.2) is 0 Å². The van der Waals surface area contributed by atoms with Crippen LogP contribution in [0.4, 0.5) is 0 Å². The number of alkyl halides is 1. The molecular weight excluding hydrogens is 411 g/mol. The lowest BCUT2D eigenvalue weighted by molar-refractivity contribution is 1.17. The topological polar surface area (TPSA) is 0 Å². The molecule has 0 spiro atoms. The molecule has 3 heteroatoms. The summed E-state index contributed by atoms with van der Waals surface area (Å²) in [4.78, 5) is 0.119. The summed E-state index contributed by atoms with van der Waals surface area (Å²) in [5, 5.41) is 3.06. The molecule has 0 saturated heterocycles. The predicted octanol–water partition coefficient (Wildman–Crippen LogP) is 7.05. The van der Waals surface area contributed by atoms with E-state index in [9.17, 15) is 0 Å². The summed E-state index contributed by atoms with van der Waals surface area (Å²) in [7, 11) is 0. The number of hydrogen-bond acceptors (Lipinski definition) is 0. The third-order valence-electron chi connectivity index (χ3n) is 3.67. The maximum Gasteiger partial charge on any atom is 0.0661 e. The minimum Gasteiger partial charge on any atom is -0.0837 e. The van der Waals surface area contributed by atoms with Crippen molar-refractivity contribution in [3.05, 3.63) is 80.8 Å². The molecule has 3 aromatic carbocycles. The molecule has 0 heterocycles. The van der Waals surface area contributed by atoms with E-state index in [1.807, 2.05) is 18.2 Å². The Morgan fingerprint density at radius 2 is 1.57 bits per heavy atom. The van der Waals surface area contributed by atoms with E-state index in [2.05, 4.69) is 75.2 Å². The first kappa shape index (κ1) is 15.1. The minimum absolute atomic E-state index is 0.119. The van der Waals surface area contributed by atoms with Gasteiger partial charge in [0.05, 0.1) is 4.83 Å². The highest BCUT2D eigenvalue weighted by Crippen LogP contribution is 2.40. The van der Waals surface area contributed by atoms with Gasteiger partial charge < -0.3 is 0 Å². The monoisotopic (exact) mass is 422 g/mol. The van der Waals surface area contributed by atoms with Crippen LogP contribution in [0.3, 0.4) is 0 Å². The summed E-state index contributed by atoms with van der Waals surface area (Å²) in [5.74, 6) is 0. The molecule has 3 rings (SSSR count). The first-order chi connectivity index (χ1) is 10.1. The molecule has 0 aliphatic heterocycles. The number of fused-ring (bicyclic) bond motifs is 1. The highest BCUT2D eigenvalue weighted by Gasteiger charge is 2.17. The zero-order valence-corrected chi connectivity index (χ0v) is 15.3. The highest BCUT2D eigenvalue weighted by molar-refractivity contribution is 9.11. The van der Waals surface area contributed by atoms with Crippen LogP contribution in [0.2, 0.25) is 5.02 Å². The van der Waals surface area contributed by atoms with Gasteiger partial charge in [0, 0.05) is 14.9 Å². The molecule has 0 nitrogen and oxygen atoms in total. The normalized spacial score (nSPS) is 12.6. The van der Waals surface area contributed by atoms with Gasteiger partial charge in [-0.05, 0) is 35.1 Å². The second-order valence-corrected chi connectivity index (χ2v) is 7.14. The summed E-state index contributed by atoms with van der Waals surface area (Å²) in [5.41, 5.74) is 3.68. The van der Waals surface area contributed by atoms with Crippen LogP contribution in [-0.2, 0) is 0 Å². The second-order valence-electron chi connectivity index (χ2n) is 5.02. The maximum atomic E-state index is 6.31. The lowest BCUT2D eigenvalue weighted by Crippen LogP contribution is -1.97. The van der Waals surface area contributed by atoms with Crippen molar-refractivity contribution in [1.29, 1.82) is 0 Å². The van der Waals surface area contributed by atoms with Crippen LogP contribution in [0, 0.1) is 6.92 Å². The zero-order valence-electron chi connectivity index (χ0n) is 11.4. The fourth-order valence-electron chi connectivity index (χ4n) is 2.54. The molecule has 0 amide bonds. The van der Waals surface area contributed by atoms with Crippen molar-refractivity contribution < 1.29 is 0 Å². The van der Waals surface area contributed by atoms with Gasteiger partial charge >= 0.3 is 0 Å². The Morgan fingerprint density at radius 1 is 0.857 bits per heavy atom. The van der Waals surface area contributed by atoms with Crippen molar-refractivity contribution >= 4 is 54.2 Å². The molecule has 0 N–H and O–H groups in total. The SMILES string of the molecule is Cc1cccc(C(Br)c2ccc(Cl)c3ccccc23)c1Br. The number of benzene rings is 3. The lowest BCUT2D eigenvalue weighted by Gasteiger charge is -2.17. The summed E-state index contributed by atoms with van der Waals surface area (Å²) in [6.07, 6.45) is 0. The highest BCUT2D eigenvalue weighted by atomic mass is 79.9. The number of halogens is 3. The minimum atomic E-state index is 0.119. The van der Waals surface area contributed by atoms with Crippen molar-refractivity contribution in [3.8, 4) is 0 Å². The van der Waals surface area contributed by atoms with Crippen molar-refractivity contribution in [2.45, 2.75) is 11.8 Å². The molecule has 0 aliphatic carbocycles. The van der Waals surface area contributed by atoms with Crippen molar-refractivity contribution in [1.82, 2.24) is 0 Å². The van der Waals surface area contributed by atoms with Crippen molar-refractivity contribution in [3.63, 3.8) is 0 Å². The van der Waals surface area contributed by atoms with E-state index < -0.39 is 0 Å². The van der Waals surface area contributed by atoms with Crippen LogP contribution >= 0.6 is 43.5 Å². The molecule has 21 heavy (non-hydrogen) atoms. The van der Waals surface area contributed by atoms with Crippen molar-refractivity contribution in [2.75, 3.05) is 0 Å². The van der Waals surface area contributed by atoms with E-state index in [-0.39, 0.29) is 4.83 Å². The van der Waals surface area contributed by atoms with Crippen LogP contribution in [0.1, 0.15) is 21.5 Å². The second kappa shape index (κ2) is 6.12. The third kappa shape index (κ3) is 2.77. The fourth-order valence-corrected chi connectivity index (χ4v) is 4.35. The van der Waals surface area contributed by atoms with E-state index >= 15 is 0 Å². The molecule has 0 fully saturated rings. The van der Waals surface area contributed by atoms with E-state index in [0.717, 1.165) is 14.9 Å². The number of rotatable bonds is 2. The average Bonchev–Trinajstić information content (AvgIpc) is 2.50. The summed E-state index contributed by atoms with van der Waals surface area (Å²) < 4.78 is 1.14. The Kier molecular flexibility index (Phi) is 4.39.